The second-order valence-electron chi connectivity index (χ2n) is 10.6. The van der Waals surface area contributed by atoms with Crippen molar-refractivity contribution >= 4 is 46.2 Å². The average molecular weight is 576 g/mol. The molecule has 0 spiro atoms. The van der Waals surface area contributed by atoms with Crippen molar-refractivity contribution < 1.29 is 23.9 Å². The monoisotopic (exact) mass is 575 g/mol. The highest BCUT2D eigenvalue weighted by molar-refractivity contribution is 8.15. The van der Waals surface area contributed by atoms with Crippen LogP contribution in [0.1, 0.15) is 63.0 Å². The molecule has 41 heavy (non-hydrogen) atoms. The van der Waals surface area contributed by atoms with Gasteiger partial charge in [-0.15, -0.1) is 0 Å². The van der Waals surface area contributed by atoms with Gasteiger partial charge in [-0.25, -0.2) is 9.89 Å². The van der Waals surface area contributed by atoms with E-state index in [9.17, 15) is 14.4 Å². The highest BCUT2D eigenvalue weighted by Gasteiger charge is 2.43. The summed E-state index contributed by atoms with van der Waals surface area (Å²) in [6.45, 7) is 2.43. The first-order valence-corrected chi connectivity index (χ1v) is 15.1. The number of hydrogen-bond acceptors (Lipinski definition) is 8. The normalized spacial score (nSPS) is 20.1. The van der Waals surface area contributed by atoms with Crippen molar-refractivity contribution in [2.45, 2.75) is 75.7 Å². The highest BCUT2D eigenvalue weighted by atomic mass is 32.2. The van der Waals surface area contributed by atoms with Crippen LogP contribution in [0.4, 0.5) is 5.69 Å². The van der Waals surface area contributed by atoms with Crippen LogP contribution in [-0.2, 0) is 20.9 Å². The molecule has 3 heterocycles. The Hall–Kier alpha value is -3.86. The molecule has 1 saturated carbocycles. The Labute approximate surface area is 243 Å². The maximum absolute atomic E-state index is 13.7. The molecule has 2 atom stereocenters. The molecule has 3 amide bonds. The summed E-state index contributed by atoms with van der Waals surface area (Å²) in [5.41, 5.74) is 2.28. The van der Waals surface area contributed by atoms with Gasteiger partial charge in [-0.2, -0.15) is 0 Å². The molecule has 2 aromatic carbocycles. The lowest BCUT2D eigenvalue weighted by Gasteiger charge is -2.29. The number of para-hydroxylation sites is 1. The van der Waals surface area contributed by atoms with E-state index in [0.29, 0.717) is 34.6 Å². The minimum absolute atomic E-state index is 0.0319. The molecule has 6 rings (SSSR count). The number of aliphatic imine (C=N–C) groups is 2. The lowest BCUT2D eigenvalue weighted by molar-refractivity contribution is -0.128. The summed E-state index contributed by atoms with van der Waals surface area (Å²) in [6, 6.07) is 12.3. The topological polar surface area (TPSA) is 122 Å². The Morgan fingerprint density at radius 3 is 2.73 bits per heavy atom. The van der Waals surface area contributed by atoms with Crippen LogP contribution >= 0.6 is 11.8 Å². The predicted molar refractivity (Wildman–Crippen MR) is 156 cm³/mol. The minimum Gasteiger partial charge on any atom is -0.454 e. The van der Waals surface area contributed by atoms with Crippen molar-refractivity contribution in [2.24, 2.45) is 9.98 Å². The largest absolute Gasteiger partial charge is 0.454 e. The van der Waals surface area contributed by atoms with Crippen molar-refractivity contribution in [2.75, 3.05) is 6.79 Å². The number of carbonyl (C=O) groups is 3. The molecule has 0 bridgehead atoms. The number of nitrogens with zero attached hydrogens (tertiary/aromatic N) is 3. The number of fused-ring (bicyclic) bond motifs is 4. The molecular formula is C30H33N5O5S. The van der Waals surface area contributed by atoms with Gasteiger partial charge < -0.3 is 20.1 Å². The number of hydrogen-bond donors (Lipinski definition) is 2. The van der Waals surface area contributed by atoms with E-state index in [1.807, 2.05) is 49.4 Å². The lowest BCUT2D eigenvalue weighted by atomic mass is 9.95. The van der Waals surface area contributed by atoms with E-state index < -0.39 is 11.3 Å². The molecule has 214 valence electrons. The maximum atomic E-state index is 13.7. The van der Waals surface area contributed by atoms with Crippen LogP contribution in [0.3, 0.4) is 0 Å². The van der Waals surface area contributed by atoms with E-state index in [0.717, 1.165) is 36.8 Å². The summed E-state index contributed by atoms with van der Waals surface area (Å²) >= 11 is 1.28. The van der Waals surface area contributed by atoms with Crippen molar-refractivity contribution in [1.82, 2.24) is 15.5 Å². The van der Waals surface area contributed by atoms with Gasteiger partial charge in [-0.05, 0) is 49.1 Å². The molecule has 0 saturated heterocycles. The molecule has 2 unspecified atom stereocenters. The number of rotatable bonds is 8. The van der Waals surface area contributed by atoms with Crippen LogP contribution in [0.2, 0.25) is 0 Å². The predicted octanol–water partition coefficient (Wildman–Crippen LogP) is 4.04. The summed E-state index contributed by atoms with van der Waals surface area (Å²) in [4.78, 5) is 50.7. The zero-order valence-corrected chi connectivity index (χ0v) is 23.7. The fourth-order valence-electron chi connectivity index (χ4n) is 5.50. The average Bonchev–Trinajstić information content (AvgIpc) is 3.59. The zero-order chi connectivity index (χ0) is 28.3. The van der Waals surface area contributed by atoms with Gasteiger partial charge in [0, 0.05) is 18.2 Å². The van der Waals surface area contributed by atoms with Crippen LogP contribution < -0.4 is 20.1 Å². The Balaban J connectivity index is 1.15. The van der Waals surface area contributed by atoms with Crippen LogP contribution in [0, 0.1) is 0 Å². The molecule has 2 aromatic rings. The van der Waals surface area contributed by atoms with Crippen molar-refractivity contribution in [3.63, 3.8) is 0 Å². The third-order valence-electron chi connectivity index (χ3n) is 7.72. The van der Waals surface area contributed by atoms with Gasteiger partial charge in [0.25, 0.3) is 5.91 Å². The zero-order valence-electron chi connectivity index (χ0n) is 22.9. The van der Waals surface area contributed by atoms with Crippen LogP contribution in [0.15, 0.2) is 52.4 Å². The number of carbonyl (C=O) groups excluding carboxylic acids is 3. The van der Waals surface area contributed by atoms with Crippen molar-refractivity contribution in [3.8, 4) is 11.5 Å². The molecule has 11 heteroatoms. The second kappa shape index (κ2) is 11.9. The van der Waals surface area contributed by atoms with E-state index in [4.69, 9.17) is 19.5 Å². The first kappa shape index (κ1) is 27.3. The summed E-state index contributed by atoms with van der Waals surface area (Å²) in [5.74, 6) is 1.16. The van der Waals surface area contributed by atoms with Gasteiger partial charge >= 0.3 is 0 Å². The van der Waals surface area contributed by atoms with Crippen molar-refractivity contribution in [1.29, 1.82) is 0 Å². The van der Waals surface area contributed by atoms with E-state index in [1.165, 1.54) is 23.1 Å². The molecule has 1 aliphatic carbocycles. The molecule has 10 nitrogen and oxygen atoms in total. The van der Waals surface area contributed by atoms with E-state index in [2.05, 4.69) is 10.6 Å². The molecule has 0 aromatic heterocycles. The number of amides is 3. The quantitative estimate of drug-likeness (QED) is 0.490. The van der Waals surface area contributed by atoms with E-state index >= 15 is 0 Å². The molecular weight excluding hydrogens is 542 g/mol. The van der Waals surface area contributed by atoms with Crippen LogP contribution in [0.25, 0.3) is 0 Å². The summed E-state index contributed by atoms with van der Waals surface area (Å²) in [7, 11) is 0. The Kier molecular flexibility index (Phi) is 7.95. The smallest absolute Gasteiger partial charge is 0.259 e. The second-order valence-corrected chi connectivity index (χ2v) is 11.8. The number of thioether (sulfide) groups is 1. The maximum Gasteiger partial charge on any atom is 0.259 e. The SMILES string of the molecule is CCC(SC1=Nc2ccccc2C2=NC(CC(=O)NCc3ccc4c(c3)OCO4)C(=O)N12)C(=O)NC1CCCCC1. The minimum atomic E-state index is -0.880. The molecule has 2 N–H and O–H groups in total. The van der Waals surface area contributed by atoms with Gasteiger partial charge in [-0.1, -0.05) is 56.1 Å². The summed E-state index contributed by atoms with van der Waals surface area (Å²) in [6.07, 6.45) is 5.97. The van der Waals surface area contributed by atoms with Gasteiger partial charge in [0.2, 0.25) is 18.6 Å². The third kappa shape index (κ3) is 5.81. The number of nitrogens with one attached hydrogen (secondary N) is 2. The standard InChI is InChI=1S/C30H33N5O5S/c1-2-25(28(37)32-19-8-4-3-5-9-19)41-30-34-21-11-7-6-10-20(21)27-33-22(29(38)35(27)30)15-26(36)31-16-18-12-13-23-24(14-18)40-17-39-23/h6-7,10-14,19,22,25H,2-5,8-9,15-17H2,1H3,(H,31,36)(H,32,37). The van der Waals surface area contributed by atoms with Crippen LogP contribution in [-0.4, -0.2) is 57.8 Å². The summed E-state index contributed by atoms with van der Waals surface area (Å²) < 4.78 is 10.7. The first-order chi connectivity index (χ1) is 20.0. The van der Waals surface area contributed by atoms with Gasteiger partial charge in [0.15, 0.2) is 16.7 Å². The number of amidine groups is 2. The Bertz CT molecular complexity index is 1420. The van der Waals surface area contributed by atoms with Crippen molar-refractivity contribution in [3.05, 3.63) is 53.6 Å². The summed E-state index contributed by atoms with van der Waals surface area (Å²) in [5, 5.41) is 6.10. The highest BCUT2D eigenvalue weighted by Crippen LogP contribution is 2.36. The fourth-order valence-corrected chi connectivity index (χ4v) is 6.53. The van der Waals surface area contributed by atoms with E-state index in [1.54, 1.807) is 0 Å². The van der Waals surface area contributed by atoms with Gasteiger partial charge in [0.1, 0.15) is 11.9 Å². The van der Waals surface area contributed by atoms with Gasteiger partial charge in [-0.3, -0.25) is 19.4 Å². The van der Waals surface area contributed by atoms with E-state index in [-0.39, 0.29) is 43.5 Å². The molecule has 1 fully saturated rings. The number of ether oxygens (including phenoxy) is 2. The molecule has 0 radical (unpaired) electrons. The first-order valence-electron chi connectivity index (χ1n) is 14.2. The lowest BCUT2D eigenvalue weighted by Crippen LogP contribution is -2.45. The Morgan fingerprint density at radius 1 is 1.10 bits per heavy atom. The fraction of sp³-hybridized carbons (Fsp3) is 0.433. The molecule has 3 aliphatic heterocycles. The van der Waals surface area contributed by atoms with Crippen LogP contribution in [0.5, 0.6) is 11.5 Å². The Morgan fingerprint density at radius 2 is 1.90 bits per heavy atom. The van der Waals surface area contributed by atoms with Gasteiger partial charge in [0.05, 0.1) is 17.4 Å². The number of benzene rings is 2. The third-order valence-corrected chi connectivity index (χ3v) is 9.03. The molecule has 4 aliphatic rings.